The molecule has 2 atom stereocenters. The highest BCUT2D eigenvalue weighted by Gasteiger charge is 2.25. The molecule has 0 saturated carbocycles. The van der Waals surface area contributed by atoms with Crippen LogP contribution in [0.3, 0.4) is 0 Å². The molecule has 0 amide bonds. The van der Waals surface area contributed by atoms with Crippen molar-refractivity contribution in [2.45, 2.75) is 32.9 Å². The quantitative estimate of drug-likeness (QED) is 0.649. The van der Waals surface area contributed by atoms with E-state index in [0.29, 0.717) is 11.6 Å². The van der Waals surface area contributed by atoms with Gasteiger partial charge in [-0.05, 0) is 26.3 Å². The van der Waals surface area contributed by atoms with Crippen molar-refractivity contribution in [1.29, 1.82) is 0 Å². The molecule has 2 unspecified atom stereocenters. The summed E-state index contributed by atoms with van der Waals surface area (Å²) in [5.41, 5.74) is 3.11. The molecule has 7 heteroatoms. The smallest absolute Gasteiger partial charge is 0.328 e. The standard InChI is InChI=1S/C18H19N3O3S/c1-9-4-6-12(7-5-9)13-8-25-17-14(13)16(19-11(3)20-17)21-15(10(2)22)18(23)24/h4-8,10,15,22H,1-3H3,(H,23,24)(H,19,20,21). The maximum atomic E-state index is 11.4. The minimum Gasteiger partial charge on any atom is -0.480 e. The van der Waals surface area contributed by atoms with Crippen LogP contribution in [0, 0.1) is 13.8 Å². The number of carbonyl (C=O) groups is 1. The minimum absolute atomic E-state index is 0.424. The molecular formula is C18H19N3O3S. The van der Waals surface area contributed by atoms with Gasteiger partial charge in [0.05, 0.1) is 11.5 Å². The number of carboxylic acids is 1. The summed E-state index contributed by atoms with van der Waals surface area (Å²) in [6.07, 6.45) is -1.07. The van der Waals surface area contributed by atoms with Crippen molar-refractivity contribution in [2.75, 3.05) is 5.32 Å². The Morgan fingerprint density at radius 3 is 2.48 bits per heavy atom. The molecule has 0 aliphatic carbocycles. The van der Waals surface area contributed by atoms with Crippen LogP contribution in [0.5, 0.6) is 0 Å². The molecule has 0 radical (unpaired) electrons. The van der Waals surface area contributed by atoms with E-state index in [0.717, 1.165) is 26.9 Å². The number of thiophene rings is 1. The fourth-order valence-electron chi connectivity index (χ4n) is 2.63. The summed E-state index contributed by atoms with van der Waals surface area (Å²) in [6, 6.07) is 6.93. The number of hydrogen-bond donors (Lipinski definition) is 3. The van der Waals surface area contributed by atoms with Gasteiger partial charge in [0.15, 0.2) is 6.04 Å². The zero-order chi connectivity index (χ0) is 18.1. The molecule has 0 fully saturated rings. The van der Waals surface area contributed by atoms with Crippen LogP contribution < -0.4 is 5.32 Å². The Morgan fingerprint density at radius 2 is 1.88 bits per heavy atom. The van der Waals surface area contributed by atoms with Gasteiger partial charge < -0.3 is 15.5 Å². The Balaban J connectivity index is 2.15. The average molecular weight is 357 g/mol. The molecule has 0 aliphatic heterocycles. The van der Waals surface area contributed by atoms with Gasteiger partial charge in [0, 0.05) is 10.9 Å². The first kappa shape index (κ1) is 17.3. The van der Waals surface area contributed by atoms with Crippen LogP contribution in [0.1, 0.15) is 18.3 Å². The minimum atomic E-state index is -1.15. The topological polar surface area (TPSA) is 95.3 Å². The highest BCUT2D eigenvalue weighted by molar-refractivity contribution is 7.17. The SMILES string of the molecule is Cc1ccc(-c2csc3nc(C)nc(NC(C(=O)O)C(C)O)c23)cc1. The second kappa shape index (κ2) is 6.78. The molecular weight excluding hydrogens is 338 g/mol. The molecule has 6 nitrogen and oxygen atoms in total. The summed E-state index contributed by atoms with van der Waals surface area (Å²) < 4.78 is 0. The number of anilines is 1. The van der Waals surface area contributed by atoms with E-state index < -0.39 is 18.1 Å². The van der Waals surface area contributed by atoms with Crippen LogP contribution in [0.4, 0.5) is 5.82 Å². The Kier molecular flexibility index (Phi) is 4.69. The van der Waals surface area contributed by atoms with Crippen molar-refractivity contribution in [1.82, 2.24) is 9.97 Å². The van der Waals surface area contributed by atoms with Gasteiger partial charge in [-0.3, -0.25) is 0 Å². The van der Waals surface area contributed by atoms with Crippen LogP contribution in [0.25, 0.3) is 21.3 Å². The Labute approximate surface area is 149 Å². The molecule has 25 heavy (non-hydrogen) atoms. The number of aryl methyl sites for hydroxylation is 2. The molecule has 3 aromatic rings. The van der Waals surface area contributed by atoms with Crippen LogP contribution in [-0.2, 0) is 4.79 Å². The van der Waals surface area contributed by atoms with Gasteiger partial charge in [-0.1, -0.05) is 29.8 Å². The number of nitrogens with one attached hydrogen (secondary N) is 1. The molecule has 3 rings (SSSR count). The maximum Gasteiger partial charge on any atom is 0.328 e. The predicted molar refractivity (Wildman–Crippen MR) is 99.1 cm³/mol. The lowest BCUT2D eigenvalue weighted by Crippen LogP contribution is -2.39. The number of fused-ring (bicyclic) bond motifs is 1. The summed E-state index contributed by atoms with van der Waals surface area (Å²) in [7, 11) is 0. The average Bonchev–Trinajstić information content (AvgIpc) is 2.96. The zero-order valence-corrected chi connectivity index (χ0v) is 15.0. The largest absolute Gasteiger partial charge is 0.480 e. The summed E-state index contributed by atoms with van der Waals surface area (Å²) >= 11 is 1.48. The molecule has 0 saturated heterocycles. The van der Waals surface area contributed by atoms with Crippen molar-refractivity contribution < 1.29 is 15.0 Å². The van der Waals surface area contributed by atoms with Crippen molar-refractivity contribution >= 4 is 33.3 Å². The summed E-state index contributed by atoms with van der Waals surface area (Å²) in [4.78, 5) is 21.1. The van der Waals surface area contributed by atoms with E-state index in [9.17, 15) is 15.0 Å². The van der Waals surface area contributed by atoms with E-state index in [4.69, 9.17) is 0 Å². The Morgan fingerprint density at radius 1 is 1.20 bits per heavy atom. The van der Waals surface area contributed by atoms with Gasteiger partial charge in [0.1, 0.15) is 16.5 Å². The first-order valence-electron chi connectivity index (χ1n) is 7.87. The third kappa shape index (κ3) is 3.47. The zero-order valence-electron chi connectivity index (χ0n) is 14.1. The fourth-order valence-corrected chi connectivity index (χ4v) is 3.63. The summed E-state index contributed by atoms with van der Waals surface area (Å²) in [5, 5.41) is 24.8. The predicted octanol–water partition coefficient (Wildman–Crippen LogP) is 3.22. The third-order valence-electron chi connectivity index (χ3n) is 3.95. The first-order valence-corrected chi connectivity index (χ1v) is 8.75. The van der Waals surface area contributed by atoms with Gasteiger partial charge in [0.2, 0.25) is 0 Å². The molecule has 0 bridgehead atoms. The lowest BCUT2D eigenvalue weighted by Gasteiger charge is -2.18. The van der Waals surface area contributed by atoms with Gasteiger partial charge in [0.25, 0.3) is 0 Å². The molecule has 3 N–H and O–H groups in total. The van der Waals surface area contributed by atoms with Crippen molar-refractivity contribution in [2.24, 2.45) is 0 Å². The number of aliphatic hydroxyl groups is 1. The van der Waals surface area contributed by atoms with Crippen LogP contribution in [0.15, 0.2) is 29.6 Å². The Bertz CT molecular complexity index is 919. The van der Waals surface area contributed by atoms with Crippen molar-refractivity contribution in [3.63, 3.8) is 0 Å². The highest BCUT2D eigenvalue weighted by atomic mass is 32.1. The van der Waals surface area contributed by atoms with Gasteiger partial charge in [-0.25, -0.2) is 14.8 Å². The molecule has 130 valence electrons. The van der Waals surface area contributed by atoms with Crippen LogP contribution in [0.2, 0.25) is 0 Å². The van der Waals surface area contributed by atoms with Gasteiger partial charge >= 0.3 is 5.97 Å². The van der Waals surface area contributed by atoms with Gasteiger partial charge in [-0.2, -0.15) is 0 Å². The monoisotopic (exact) mass is 357 g/mol. The second-order valence-corrected chi connectivity index (χ2v) is 6.87. The number of aliphatic carboxylic acids is 1. The maximum absolute atomic E-state index is 11.4. The number of rotatable bonds is 5. The molecule has 0 spiro atoms. The number of aliphatic hydroxyl groups excluding tert-OH is 1. The second-order valence-electron chi connectivity index (χ2n) is 6.02. The van der Waals surface area contributed by atoms with Crippen molar-refractivity contribution in [3.8, 4) is 11.1 Å². The number of nitrogens with zero attached hydrogens (tertiary/aromatic N) is 2. The Hall–Kier alpha value is -2.51. The molecule has 2 heterocycles. The van der Waals surface area contributed by atoms with Crippen LogP contribution in [-0.4, -0.2) is 38.3 Å². The lowest BCUT2D eigenvalue weighted by molar-refractivity contribution is -0.140. The van der Waals surface area contributed by atoms with E-state index in [1.165, 1.54) is 18.3 Å². The first-order chi connectivity index (χ1) is 11.9. The van der Waals surface area contributed by atoms with Gasteiger partial charge in [-0.15, -0.1) is 11.3 Å². The molecule has 2 aromatic heterocycles. The summed E-state index contributed by atoms with van der Waals surface area (Å²) in [6.45, 7) is 5.22. The van der Waals surface area contributed by atoms with Crippen LogP contribution >= 0.6 is 11.3 Å². The number of carboxylic acid groups (broad SMARTS) is 1. The number of benzene rings is 1. The fraction of sp³-hybridized carbons (Fsp3) is 0.278. The van der Waals surface area contributed by atoms with E-state index in [-0.39, 0.29) is 0 Å². The van der Waals surface area contributed by atoms with E-state index in [2.05, 4.69) is 15.3 Å². The number of hydrogen-bond acceptors (Lipinski definition) is 6. The lowest BCUT2D eigenvalue weighted by atomic mass is 10.0. The normalized spacial score (nSPS) is 13.6. The van der Waals surface area contributed by atoms with E-state index >= 15 is 0 Å². The van der Waals surface area contributed by atoms with E-state index in [1.807, 2.05) is 36.6 Å². The third-order valence-corrected chi connectivity index (χ3v) is 4.82. The number of aromatic nitrogens is 2. The van der Waals surface area contributed by atoms with Crippen molar-refractivity contribution in [3.05, 3.63) is 41.0 Å². The summed E-state index contributed by atoms with van der Waals surface area (Å²) in [5.74, 6) is -0.166. The highest BCUT2D eigenvalue weighted by Crippen LogP contribution is 2.37. The molecule has 0 aliphatic rings. The molecule has 1 aromatic carbocycles. The van der Waals surface area contributed by atoms with E-state index in [1.54, 1.807) is 6.92 Å².